The molecule has 1 aliphatic heterocycles. The average Bonchev–Trinajstić information content (AvgIpc) is 3.18. The summed E-state index contributed by atoms with van der Waals surface area (Å²) in [5.41, 5.74) is -1.89. The molecule has 0 aliphatic carbocycles. The maximum atomic E-state index is 14.8. The summed E-state index contributed by atoms with van der Waals surface area (Å²) in [5, 5.41) is 3.11. The second kappa shape index (κ2) is 6.51. The van der Waals surface area contributed by atoms with Crippen LogP contribution in [-0.2, 0) is 12.0 Å². The number of benzene rings is 1. The first-order chi connectivity index (χ1) is 13.6. The minimum Gasteiger partial charge on any atom is -0.269 e. The van der Waals surface area contributed by atoms with Crippen LogP contribution in [0.15, 0.2) is 48.9 Å². The van der Waals surface area contributed by atoms with E-state index in [1.165, 1.54) is 12.1 Å². The zero-order chi connectivity index (χ0) is 21.0. The lowest BCUT2D eigenvalue weighted by atomic mass is 10.1. The topological polar surface area (TPSA) is 51.0 Å². The van der Waals surface area contributed by atoms with E-state index in [4.69, 9.17) is 11.6 Å². The lowest BCUT2D eigenvalue weighted by molar-refractivity contribution is -0.157. The molecule has 5 nitrogen and oxygen atoms in total. The van der Waals surface area contributed by atoms with Gasteiger partial charge < -0.3 is 0 Å². The minimum atomic E-state index is -3.98. The Balaban J connectivity index is 1.65. The van der Waals surface area contributed by atoms with Crippen LogP contribution in [-0.4, -0.2) is 32.1 Å². The standard InChI is InChI=1S/C18H10ClF5N4O/c19-14-5-11(28-8-10(20)6-26-28)7-25-15(14)17(21,22)9-27-16(29)12-3-1-2-4-13(12)18(27,23)24/h1-8H,9H2. The normalized spacial score (nSPS) is 15.7. The number of alkyl halides is 4. The molecular weight excluding hydrogens is 419 g/mol. The number of pyridine rings is 1. The number of nitrogens with zero attached hydrogens (tertiary/aromatic N) is 4. The van der Waals surface area contributed by atoms with Crippen molar-refractivity contribution in [1.29, 1.82) is 0 Å². The SMILES string of the molecule is O=C1c2ccccc2C(F)(F)N1CC(F)(F)c1ncc(-n2cc(F)cn2)cc1Cl. The van der Waals surface area contributed by atoms with E-state index in [2.05, 4.69) is 10.1 Å². The van der Waals surface area contributed by atoms with Crippen LogP contribution in [0.1, 0.15) is 21.6 Å². The van der Waals surface area contributed by atoms with Crippen LogP contribution in [0, 0.1) is 5.82 Å². The molecule has 4 rings (SSSR count). The highest BCUT2D eigenvalue weighted by atomic mass is 35.5. The third-order valence-corrected chi connectivity index (χ3v) is 4.70. The molecule has 0 radical (unpaired) electrons. The predicted molar refractivity (Wildman–Crippen MR) is 91.6 cm³/mol. The van der Waals surface area contributed by atoms with Crippen molar-refractivity contribution in [3.8, 4) is 5.69 Å². The molecule has 1 aromatic carbocycles. The lowest BCUT2D eigenvalue weighted by Gasteiger charge is -2.28. The molecule has 0 saturated carbocycles. The number of aromatic nitrogens is 3. The van der Waals surface area contributed by atoms with E-state index < -0.39 is 46.5 Å². The molecule has 0 spiro atoms. The van der Waals surface area contributed by atoms with Gasteiger partial charge in [0.2, 0.25) is 0 Å². The highest BCUT2D eigenvalue weighted by Gasteiger charge is 2.55. The van der Waals surface area contributed by atoms with Crippen LogP contribution < -0.4 is 0 Å². The number of carbonyl (C=O) groups is 1. The first kappa shape index (κ1) is 19.3. The van der Waals surface area contributed by atoms with Crippen LogP contribution in [0.4, 0.5) is 22.0 Å². The van der Waals surface area contributed by atoms with Crippen molar-refractivity contribution in [2.45, 2.75) is 12.0 Å². The van der Waals surface area contributed by atoms with Gasteiger partial charge in [-0.15, -0.1) is 0 Å². The molecule has 0 atom stereocenters. The number of amides is 1. The summed E-state index contributed by atoms with van der Waals surface area (Å²) >= 11 is 5.88. The fourth-order valence-corrected chi connectivity index (χ4v) is 3.36. The van der Waals surface area contributed by atoms with Crippen molar-refractivity contribution in [2.24, 2.45) is 0 Å². The van der Waals surface area contributed by atoms with Crippen LogP contribution in [0.5, 0.6) is 0 Å². The summed E-state index contributed by atoms with van der Waals surface area (Å²) in [5.74, 6) is -5.86. The number of fused-ring (bicyclic) bond motifs is 1. The monoisotopic (exact) mass is 428 g/mol. The van der Waals surface area contributed by atoms with Gasteiger partial charge in [0.25, 0.3) is 5.91 Å². The molecule has 1 amide bonds. The molecule has 11 heteroatoms. The van der Waals surface area contributed by atoms with Crippen molar-refractivity contribution in [1.82, 2.24) is 19.7 Å². The summed E-state index contributed by atoms with van der Waals surface area (Å²) in [6.45, 7) is -1.63. The van der Waals surface area contributed by atoms with E-state index in [1.807, 2.05) is 0 Å². The molecule has 0 N–H and O–H groups in total. The van der Waals surface area contributed by atoms with E-state index in [0.29, 0.717) is 0 Å². The van der Waals surface area contributed by atoms with Crippen LogP contribution in [0.3, 0.4) is 0 Å². The Bertz CT molecular complexity index is 1120. The van der Waals surface area contributed by atoms with E-state index >= 15 is 0 Å². The zero-order valence-electron chi connectivity index (χ0n) is 14.3. The molecule has 2 aromatic heterocycles. The average molecular weight is 429 g/mol. The summed E-state index contributed by atoms with van der Waals surface area (Å²) in [6.07, 6.45) is 2.82. The van der Waals surface area contributed by atoms with Gasteiger partial charge in [0, 0.05) is 0 Å². The Morgan fingerprint density at radius 2 is 1.90 bits per heavy atom. The maximum Gasteiger partial charge on any atom is 0.356 e. The third-order valence-electron chi connectivity index (χ3n) is 4.41. The van der Waals surface area contributed by atoms with Crippen molar-refractivity contribution in [3.63, 3.8) is 0 Å². The summed E-state index contributed by atoms with van der Waals surface area (Å²) in [7, 11) is 0. The third kappa shape index (κ3) is 3.13. The van der Waals surface area contributed by atoms with Gasteiger partial charge in [-0.25, -0.2) is 9.07 Å². The predicted octanol–water partition coefficient (Wildman–Crippen LogP) is 4.36. The van der Waals surface area contributed by atoms with E-state index in [0.717, 1.165) is 41.5 Å². The molecule has 1 aliphatic rings. The van der Waals surface area contributed by atoms with E-state index in [1.54, 1.807) is 0 Å². The fourth-order valence-electron chi connectivity index (χ4n) is 3.06. The van der Waals surface area contributed by atoms with Gasteiger partial charge in [0.05, 0.1) is 47.0 Å². The molecule has 150 valence electrons. The molecule has 3 aromatic rings. The molecule has 0 bridgehead atoms. The summed E-state index contributed by atoms with van der Waals surface area (Å²) in [4.78, 5) is 15.6. The number of halogens is 6. The second-order valence-electron chi connectivity index (χ2n) is 6.31. The van der Waals surface area contributed by atoms with Gasteiger partial charge in [-0.3, -0.25) is 14.7 Å². The molecule has 0 fully saturated rings. The lowest BCUT2D eigenvalue weighted by Crippen LogP contribution is -2.44. The van der Waals surface area contributed by atoms with Gasteiger partial charge in [-0.1, -0.05) is 29.8 Å². The van der Waals surface area contributed by atoms with Gasteiger partial charge in [-0.2, -0.15) is 22.7 Å². The number of rotatable bonds is 4. The minimum absolute atomic E-state index is 0.0911. The van der Waals surface area contributed by atoms with E-state index in [-0.39, 0.29) is 16.2 Å². The van der Waals surface area contributed by atoms with Crippen molar-refractivity contribution in [2.75, 3.05) is 6.54 Å². The number of hydrogen-bond donors (Lipinski definition) is 0. The molecule has 3 heterocycles. The Kier molecular flexibility index (Phi) is 4.34. The Labute approximate surface area is 165 Å². The highest BCUT2D eigenvalue weighted by Crippen LogP contribution is 2.44. The maximum absolute atomic E-state index is 14.8. The van der Waals surface area contributed by atoms with Crippen molar-refractivity contribution in [3.05, 3.63) is 76.6 Å². The van der Waals surface area contributed by atoms with Gasteiger partial charge in [0.1, 0.15) is 5.69 Å². The van der Waals surface area contributed by atoms with Crippen LogP contribution >= 0.6 is 11.6 Å². The van der Waals surface area contributed by atoms with Crippen LogP contribution in [0.2, 0.25) is 5.02 Å². The number of carbonyl (C=O) groups excluding carboxylic acids is 1. The van der Waals surface area contributed by atoms with Crippen molar-refractivity contribution >= 4 is 17.5 Å². The smallest absolute Gasteiger partial charge is 0.269 e. The zero-order valence-corrected chi connectivity index (χ0v) is 15.0. The summed E-state index contributed by atoms with van der Waals surface area (Å²) in [6, 6.07) is 1.95. The van der Waals surface area contributed by atoms with Gasteiger partial charge in [-0.05, 0) is 12.1 Å². The summed E-state index contributed by atoms with van der Waals surface area (Å²) < 4.78 is 72.8. The van der Waals surface area contributed by atoms with E-state index in [9.17, 15) is 26.7 Å². The van der Waals surface area contributed by atoms with Gasteiger partial charge >= 0.3 is 12.0 Å². The van der Waals surface area contributed by atoms with Crippen molar-refractivity contribution < 1.29 is 26.7 Å². The quantitative estimate of drug-likeness (QED) is 0.458. The highest BCUT2D eigenvalue weighted by molar-refractivity contribution is 6.31. The Morgan fingerprint density at radius 3 is 2.52 bits per heavy atom. The Morgan fingerprint density at radius 1 is 1.17 bits per heavy atom. The van der Waals surface area contributed by atoms with Gasteiger partial charge in [0.15, 0.2) is 5.82 Å². The largest absolute Gasteiger partial charge is 0.356 e. The fraction of sp³-hybridized carbons (Fsp3) is 0.167. The number of hydrogen-bond acceptors (Lipinski definition) is 3. The first-order valence-electron chi connectivity index (χ1n) is 8.15. The second-order valence-corrected chi connectivity index (χ2v) is 6.72. The molecule has 29 heavy (non-hydrogen) atoms. The first-order valence-corrected chi connectivity index (χ1v) is 8.53. The molecular formula is C18H10ClF5N4O. The Hall–Kier alpha value is -3.01. The molecule has 0 unspecified atom stereocenters. The molecule has 0 saturated heterocycles. The van der Waals surface area contributed by atoms with Crippen LogP contribution in [0.25, 0.3) is 5.69 Å².